The summed E-state index contributed by atoms with van der Waals surface area (Å²) in [5, 5.41) is 30.1. The van der Waals surface area contributed by atoms with Crippen LogP contribution in [0.3, 0.4) is 0 Å². The van der Waals surface area contributed by atoms with Crippen LogP contribution in [0.5, 0.6) is 23.0 Å². The van der Waals surface area contributed by atoms with Gasteiger partial charge < -0.3 is 24.8 Å². The third-order valence-electron chi connectivity index (χ3n) is 5.30. The molecule has 6 heteroatoms. The quantitative estimate of drug-likeness (QED) is 0.467. The first-order chi connectivity index (χ1) is 14.7. The molecule has 2 aromatic carbocycles. The van der Waals surface area contributed by atoms with Crippen molar-refractivity contribution in [1.82, 2.24) is 0 Å². The van der Waals surface area contributed by atoms with Gasteiger partial charge in [-0.25, -0.2) is 0 Å². The topological polar surface area (TPSA) is 96.2 Å². The van der Waals surface area contributed by atoms with Gasteiger partial charge in [0.05, 0.1) is 20.3 Å². The summed E-state index contributed by atoms with van der Waals surface area (Å²) in [6.07, 6.45) is 2.03. The molecule has 0 aliphatic carbocycles. The van der Waals surface area contributed by atoms with Gasteiger partial charge >= 0.3 is 0 Å². The zero-order valence-corrected chi connectivity index (χ0v) is 18.9. The van der Waals surface area contributed by atoms with Gasteiger partial charge in [-0.3, -0.25) is 4.79 Å². The number of rotatable bonds is 12. The normalized spacial score (nSPS) is 12.1. The summed E-state index contributed by atoms with van der Waals surface area (Å²) in [6, 6.07) is 8.50. The van der Waals surface area contributed by atoms with Crippen LogP contribution in [0, 0.1) is 5.92 Å². The maximum atomic E-state index is 12.3. The molecule has 170 valence electrons. The number of benzene rings is 2. The fourth-order valence-corrected chi connectivity index (χ4v) is 3.70. The molecule has 0 spiro atoms. The molecule has 0 aliphatic heterocycles. The molecule has 0 bridgehead atoms. The third-order valence-corrected chi connectivity index (χ3v) is 5.30. The van der Waals surface area contributed by atoms with Crippen LogP contribution in [0.2, 0.25) is 0 Å². The Kier molecular flexibility index (Phi) is 9.19. The third kappa shape index (κ3) is 7.17. The minimum Gasteiger partial charge on any atom is -0.504 e. The number of carbonyl (C=O) groups is 1. The average Bonchev–Trinajstić information content (AvgIpc) is 2.72. The van der Waals surface area contributed by atoms with Gasteiger partial charge in [-0.15, -0.1) is 0 Å². The fourth-order valence-electron chi connectivity index (χ4n) is 3.70. The van der Waals surface area contributed by atoms with Crippen molar-refractivity contribution in [1.29, 1.82) is 0 Å². The lowest BCUT2D eigenvalue weighted by atomic mass is 9.92. The number of aromatic hydroxyl groups is 2. The van der Waals surface area contributed by atoms with Crippen molar-refractivity contribution in [3.8, 4) is 23.0 Å². The van der Waals surface area contributed by atoms with E-state index in [-0.39, 0.29) is 23.7 Å². The number of hydrogen-bond donors (Lipinski definition) is 3. The highest BCUT2D eigenvalue weighted by molar-refractivity contribution is 5.79. The van der Waals surface area contributed by atoms with Gasteiger partial charge in [0, 0.05) is 18.4 Å². The minimum atomic E-state index is -0.728. The lowest BCUT2D eigenvalue weighted by Gasteiger charge is -2.18. The molecule has 0 amide bonds. The molecule has 0 fully saturated rings. The molecule has 2 rings (SSSR count). The zero-order chi connectivity index (χ0) is 23.0. The highest BCUT2D eigenvalue weighted by Gasteiger charge is 2.17. The second kappa shape index (κ2) is 11.6. The van der Waals surface area contributed by atoms with E-state index in [2.05, 4.69) is 13.8 Å². The summed E-state index contributed by atoms with van der Waals surface area (Å²) in [5.41, 5.74) is 2.87. The molecule has 1 unspecified atom stereocenters. The van der Waals surface area contributed by atoms with Gasteiger partial charge in [-0.2, -0.15) is 0 Å². The van der Waals surface area contributed by atoms with E-state index < -0.39 is 6.10 Å². The number of ketones is 1. The predicted molar refractivity (Wildman–Crippen MR) is 120 cm³/mol. The van der Waals surface area contributed by atoms with E-state index in [1.165, 1.54) is 7.11 Å². The standard InChI is InChI=1S/C25H34O6/c1-16(2)13-21-18(8-12-23(29)25(21)31-4)7-10-20(27)15-19(26)9-5-17-6-11-22(28)24(14-17)30-3/h6,8,11-12,14,16,20,27-29H,5,7,9-10,13,15H2,1-4H3. The Hall–Kier alpha value is -2.73. The van der Waals surface area contributed by atoms with Crippen LogP contribution >= 0.6 is 0 Å². The molecule has 6 nitrogen and oxygen atoms in total. The van der Waals surface area contributed by atoms with Crippen LogP contribution in [-0.4, -0.2) is 41.4 Å². The molecular weight excluding hydrogens is 396 g/mol. The van der Waals surface area contributed by atoms with E-state index >= 15 is 0 Å². The smallest absolute Gasteiger partial charge is 0.163 e. The zero-order valence-electron chi connectivity index (χ0n) is 18.9. The molecule has 0 radical (unpaired) electrons. The SMILES string of the molecule is COc1cc(CCC(=O)CC(O)CCc2ccc(O)c(OC)c2CC(C)C)ccc1O. The van der Waals surface area contributed by atoms with Crippen molar-refractivity contribution >= 4 is 5.78 Å². The number of aliphatic hydroxyl groups excluding tert-OH is 1. The number of phenols is 2. The summed E-state index contributed by atoms with van der Waals surface area (Å²) in [6.45, 7) is 4.20. The second-order valence-corrected chi connectivity index (χ2v) is 8.30. The van der Waals surface area contributed by atoms with Crippen molar-refractivity contribution in [3.05, 3.63) is 47.0 Å². The maximum Gasteiger partial charge on any atom is 0.163 e. The first-order valence-corrected chi connectivity index (χ1v) is 10.7. The van der Waals surface area contributed by atoms with Gasteiger partial charge in [0.25, 0.3) is 0 Å². The summed E-state index contributed by atoms with van der Waals surface area (Å²) < 4.78 is 10.5. The Morgan fingerprint density at radius 3 is 2.35 bits per heavy atom. The van der Waals surface area contributed by atoms with Crippen molar-refractivity contribution in [2.75, 3.05) is 14.2 Å². The lowest BCUT2D eigenvalue weighted by molar-refractivity contribution is -0.121. The number of ether oxygens (including phenoxy) is 2. The van der Waals surface area contributed by atoms with Gasteiger partial charge in [0.15, 0.2) is 23.0 Å². The molecular formula is C25H34O6. The summed E-state index contributed by atoms with van der Waals surface area (Å²) >= 11 is 0. The fraction of sp³-hybridized carbons (Fsp3) is 0.480. The van der Waals surface area contributed by atoms with Crippen molar-refractivity contribution in [2.24, 2.45) is 5.92 Å². The average molecular weight is 431 g/mol. The molecule has 1 atom stereocenters. The number of hydrogen-bond acceptors (Lipinski definition) is 6. The maximum absolute atomic E-state index is 12.3. The van der Waals surface area contributed by atoms with Crippen LogP contribution in [0.4, 0.5) is 0 Å². The Labute approximate surface area is 184 Å². The number of phenolic OH excluding ortho intramolecular Hbond substituents is 2. The molecule has 2 aromatic rings. The lowest BCUT2D eigenvalue weighted by Crippen LogP contribution is -2.15. The second-order valence-electron chi connectivity index (χ2n) is 8.30. The van der Waals surface area contributed by atoms with E-state index in [9.17, 15) is 20.1 Å². The van der Waals surface area contributed by atoms with E-state index in [1.54, 1.807) is 31.4 Å². The van der Waals surface area contributed by atoms with Gasteiger partial charge in [0.2, 0.25) is 0 Å². The van der Waals surface area contributed by atoms with Crippen LogP contribution < -0.4 is 9.47 Å². The van der Waals surface area contributed by atoms with Crippen LogP contribution in [-0.2, 0) is 24.1 Å². The van der Waals surface area contributed by atoms with E-state index in [1.807, 2.05) is 6.07 Å². The van der Waals surface area contributed by atoms with Gasteiger partial charge in [-0.05, 0) is 60.9 Å². The molecule has 3 N–H and O–H groups in total. The highest BCUT2D eigenvalue weighted by atomic mass is 16.5. The molecule has 0 aliphatic rings. The first-order valence-electron chi connectivity index (χ1n) is 10.7. The van der Waals surface area contributed by atoms with Crippen molar-refractivity contribution in [3.63, 3.8) is 0 Å². The van der Waals surface area contributed by atoms with Crippen LogP contribution in [0.15, 0.2) is 30.3 Å². The van der Waals surface area contributed by atoms with Crippen LogP contribution in [0.1, 0.15) is 49.8 Å². The molecule has 31 heavy (non-hydrogen) atoms. The van der Waals surface area contributed by atoms with Gasteiger partial charge in [0.1, 0.15) is 5.78 Å². The summed E-state index contributed by atoms with van der Waals surface area (Å²) in [7, 11) is 3.02. The Morgan fingerprint density at radius 2 is 1.71 bits per heavy atom. The summed E-state index contributed by atoms with van der Waals surface area (Å²) in [5.74, 6) is 1.43. The molecule has 0 aromatic heterocycles. The number of carbonyl (C=O) groups excluding carboxylic acids is 1. The van der Waals surface area contributed by atoms with Crippen molar-refractivity contribution < 1.29 is 29.6 Å². The number of aliphatic hydroxyl groups is 1. The van der Waals surface area contributed by atoms with E-state index in [0.29, 0.717) is 43.1 Å². The number of methoxy groups -OCH3 is 2. The summed E-state index contributed by atoms with van der Waals surface area (Å²) in [4.78, 5) is 12.3. The number of aryl methyl sites for hydroxylation is 2. The molecule has 0 saturated carbocycles. The Morgan fingerprint density at radius 1 is 1.00 bits per heavy atom. The largest absolute Gasteiger partial charge is 0.504 e. The first kappa shape index (κ1) is 24.5. The molecule has 0 saturated heterocycles. The Balaban J connectivity index is 1.91. The minimum absolute atomic E-state index is 0.00904. The monoisotopic (exact) mass is 430 g/mol. The van der Waals surface area contributed by atoms with Gasteiger partial charge in [-0.1, -0.05) is 26.0 Å². The van der Waals surface area contributed by atoms with Crippen LogP contribution in [0.25, 0.3) is 0 Å². The molecule has 0 heterocycles. The Bertz CT molecular complexity index is 875. The highest BCUT2D eigenvalue weighted by Crippen LogP contribution is 2.35. The number of Topliss-reactive ketones (excluding diaryl/α,β-unsaturated/α-hetero) is 1. The van der Waals surface area contributed by atoms with E-state index in [4.69, 9.17) is 9.47 Å². The van der Waals surface area contributed by atoms with Crippen molar-refractivity contribution in [2.45, 2.75) is 58.5 Å². The predicted octanol–water partition coefficient (Wildman–Crippen LogP) is 4.20. The van der Waals surface area contributed by atoms with E-state index in [0.717, 1.165) is 23.1 Å².